The van der Waals surface area contributed by atoms with E-state index in [1.54, 1.807) is 0 Å². The number of ether oxygens (including phenoxy) is 3. The Labute approximate surface area is 253 Å². The molecule has 0 aromatic rings. The summed E-state index contributed by atoms with van der Waals surface area (Å²) in [4.78, 5) is 46.9. The first kappa shape index (κ1) is 40.8. The molecular weight excluding hydrogens is 571 g/mol. The quantitative estimate of drug-likeness (QED) is 0.0802. The fourth-order valence-corrected chi connectivity index (χ4v) is 6.12. The van der Waals surface area contributed by atoms with E-state index in [9.17, 15) is 33.5 Å². The maximum Gasteiger partial charge on any atom is 1.00 e. The second kappa shape index (κ2) is 15.7. The maximum absolute atomic E-state index is 13.9. The molecule has 0 bridgehead atoms. The number of carbonyl (C=O) groups excluding carboxylic acids is 3. The fraction of sp³-hybridized carbons (Fsp3) is 0.864. The zero-order valence-corrected chi connectivity index (χ0v) is 28.4. The third kappa shape index (κ3) is 12.6. The Kier molecular flexibility index (Phi) is 16.5. The fourth-order valence-electron chi connectivity index (χ4n) is 2.22. The van der Waals surface area contributed by atoms with Crippen LogP contribution in [0.15, 0.2) is 0 Å². The molecule has 2 atom stereocenters. The van der Waals surface area contributed by atoms with Crippen LogP contribution in [-0.4, -0.2) is 59.9 Å². The number of nitrogens with two attached hydrogens (primary N) is 1. The molecule has 39 heavy (non-hydrogen) atoms. The molecule has 0 aromatic heterocycles. The molecule has 0 saturated carbocycles. The van der Waals surface area contributed by atoms with Crippen molar-refractivity contribution in [1.29, 1.82) is 0 Å². The smallest absolute Gasteiger partial charge is 1.00 e. The van der Waals surface area contributed by atoms with Crippen molar-refractivity contribution in [3.63, 3.8) is 0 Å². The molecule has 0 heterocycles. The molecule has 0 aromatic carbocycles. The minimum atomic E-state index is -5.44. The molecule has 0 rings (SSSR count). The van der Waals surface area contributed by atoms with Gasteiger partial charge < -0.3 is 31.4 Å². The Hall–Kier alpha value is -0.370. The first-order valence-electron chi connectivity index (χ1n) is 11.8. The van der Waals surface area contributed by atoms with Gasteiger partial charge in [0, 0.05) is 6.42 Å². The van der Waals surface area contributed by atoms with Gasteiger partial charge in [0.1, 0.15) is 0 Å². The summed E-state index contributed by atoms with van der Waals surface area (Å²) in [7, 11) is -10.7. The van der Waals surface area contributed by atoms with E-state index in [1.165, 1.54) is 62.3 Å². The van der Waals surface area contributed by atoms with Crippen LogP contribution in [0.1, 0.15) is 76.6 Å². The molecule has 4 N–H and O–H groups in total. The minimum Gasteiger partial charge on any atom is -1.00 e. The molecule has 0 fully saturated rings. The van der Waals surface area contributed by atoms with E-state index in [0.29, 0.717) is 0 Å². The van der Waals surface area contributed by atoms with Crippen LogP contribution in [0.2, 0.25) is 0 Å². The summed E-state index contributed by atoms with van der Waals surface area (Å²) in [5.74, 6) is -2.36. The number of hydrogen-bond acceptors (Lipinski definition) is 13. The van der Waals surface area contributed by atoms with Gasteiger partial charge in [-0.15, -0.1) is 0 Å². The van der Waals surface area contributed by atoms with Crippen molar-refractivity contribution in [2.45, 2.75) is 80.2 Å². The molecular formula is C22H44NNaO13P2. The summed E-state index contributed by atoms with van der Waals surface area (Å²) >= 11 is 0. The van der Waals surface area contributed by atoms with Crippen LogP contribution in [0.4, 0.5) is 0 Å². The van der Waals surface area contributed by atoms with E-state index < -0.39 is 81.2 Å². The van der Waals surface area contributed by atoms with Crippen LogP contribution in [-0.2, 0) is 51.3 Å². The maximum atomic E-state index is 13.9. The van der Waals surface area contributed by atoms with E-state index in [-0.39, 0.29) is 43.9 Å². The number of rotatable bonds is 14. The average molecular weight is 616 g/mol. The number of carbonyl (C=O) groups is 3. The molecule has 0 saturated heterocycles. The van der Waals surface area contributed by atoms with Gasteiger partial charge in [0.25, 0.3) is 5.08 Å². The zero-order chi connectivity index (χ0) is 30.2. The van der Waals surface area contributed by atoms with E-state index in [2.05, 4.69) is 0 Å². The monoisotopic (exact) mass is 615 g/mol. The molecule has 0 spiro atoms. The van der Waals surface area contributed by atoms with Gasteiger partial charge in [-0.1, -0.05) is 0 Å². The second-order valence-electron chi connectivity index (χ2n) is 11.5. The molecule has 0 aliphatic carbocycles. The Morgan fingerprint density at radius 2 is 1.03 bits per heavy atom. The zero-order valence-electron chi connectivity index (χ0n) is 25.6. The Morgan fingerprint density at radius 1 is 0.718 bits per heavy atom. The third-order valence-electron chi connectivity index (χ3n) is 4.69. The van der Waals surface area contributed by atoms with E-state index in [0.717, 1.165) is 0 Å². The first-order chi connectivity index (χ1) is 16.9. The van der Waals surface area contributed by atoms with Gasteiger partial charge in [0.2, 0.25) is 20.4 Å². The Bertz CT molecular complexity index is 895. The number of hydrogen-bond donors (Lipinski definition) is 3. The van der Waals surface area contributed by atoms with E-state index in [4.69, 9.17) is 33.5 Å². The molecule has 0 aliphatic heterocycles. The van der Waals surface area contributed by atoms with Crippen LogP contribution in [0.25, 0.3) is 0 Å². The van der Waals surface area contributed by atoms with Crippen molar-refractivity contribution < 1.29 is 92.3 Å². The number of esters is 3. The molecule has 0 aliphatic rings. The average Bonchev–Trinajstić information content (AvgIpc) is 2.74. The molecule has 14 nitrogen and oxygen atoms in total. The van der Waals surface area contributed by atoms with Crippen LogP contribution in [0.5, 0.6) is 0 Å². The van der Waals surface area contributed by atoms with Crippen LogP contribution >= 0.6 is 15.2 Å². The van der Waals surface area contributed by atoms with Crippen LogP contribution < -0.4 is 35.3 Å². The predicted octanol–water partition coefficient (Wildman–Crippen LogP) is 0.557. The van der Waals surface area contributed by atoms with Crippen LogP contribution in [0, 0.1) is 16.2 Å². The third-order valence-corrected chi connectivity index (χ3v) is 9.76. The van der Waals surface area contributed by atoms with Crippen molar-refractivity contribution in [2.75, 3.05) is 26.9 Å². The van der Waals surface area contributed by atoms with Gasteiger partial charge in [0.15, 0.2) is 0 Å². The normalized spacial score (nSPS) is 15.8. The van der Waals surface area contributed by atoms with Crippen molar-refractivity contribution in [3.8, 4) is 0 Å². The topological polar surface area (TPSA) is 207 Å². The van der Waals surface area contributed by atoms with E-state index >= 15 is 0 Å². The van der Waals surface area contributed by atoms with Crippen molar-refractivity contribution in [1.82, 2.24) is 0 Å². The summed E-state index contributed by atoms with van der Waals surface area (Å²) in [6, 6.07) is 0. The van der Waals surface area contributed by atoms with Gasteiger partial charge >= 0.3 is 62.7 Å². The molecule has 17 heteroatoms. The van der Waals surface area contributed by atoms with Gasteiger partial charge in [-0.2, -0.15) is 0 Å². The van der Waals surface area contributed by atoms with E-state index in [1.807, 2.05) is 0 Å². The number of aliphatic hydroxyl groups is 1. The van der Waals surface area contributed by atoms with Crippen LogP contribution in [0.3, 0.4) is 0 Å². The summed E-state index contributed by atoms with van der Waals surface area (Å²) < 4.78 is 56.7. The van der Waals surface area contributed by atoms with Gasteiger partial charge in [-0.05, 0) is 75.3 Å². The minimum absolute atomic E-state index is 0. The summed E-state index contributed by atoms with van der Waals surface area (Å²) in [5, 5.41) is 8.04. The molecule has 226 valence electrons. The first-order valence-corrected chi connectivity index (χ1v) is 14.9. The Balaban J connectivity index is -0.00000684. The molecule has 2 unspecified atom stereocenters. The largest absolute Gasteiger partial charge is 1.00 e. The second-order valence-corrected chi connectivity index (χ2v) is 16.1. The predicted molar refractivity (Wildman–Crippen MR) is 136 cm³/mol. The van der Waals surface area contributed by atoms with Gasteiger partial charge in [-0.25, -0.2) is 0 Å². The van der Waals surface area contributed by atoms with Crippen molar-refractivity contribution >= 4 is 33.1 Å². The van der Waals surface area contributed by atoms with Crippen molar-refractivity contribution in [3.05, 3.63) is 0 Å². The molecule has 0 radical (unpaired) electrons. The SMILES string of the molecule is CC(C)(C)C(=O)OCOP(=O)(O)C(O)(CCCN)P(=O)(OCOC(=O)C(C)(C)C)OCOC(=O)C(C)(C)C.[H-].[Na+]. The van der Waals surface area contributed by atoms with Gasteiger partial charge in [0.05, 0.1) is 16.2 Å². The molecule has 0 amide bonds. The summed E-state index contributed by atoms with van der Waals surface area (Å²) in [6.07, 6.45) is -0.936. The standard InChI is InChI=1S/C22H43NO13P2.Na.H/c1-19(2,3)16(24)31-13-34-37(28,29)22(27,11-10-12-23)38(30,35-14-32-17(25)20(4,5)6)36-15-33-18(26)21(7,8)9;;/h27H,10-15,23H2,1-9H3,(H,28,29);;/q;+1;-1. The Morgan fingerprint density at radius 3 is 1.31 bits per heavy atom. The summed E-state index contributed by atoms with van der Waals surface area (Å²) in [5.41, 5.74) is 2.53. The summed E-state index contributed by atoms with van der Waals surface area (Å²) in [6.45, 7) is 10.4. The van der Waals surface area contributed by atoms with Gasteiger partial charge in [-0.3, -0.25) is 37.1 Å². The van der Waals surface area contributed by atoms with Crippen molar-refractivity contribution in [2.24, 2.45) is 22.0 Å².